The average molecular weight is 491 g/mol. The summed E-state index contributed by atoms with van der Waals surface area (Å²) in [6.45, 7) is 0.216. The van der Waals surface area contributed by atoms with Gasteiger partial charge in [0.05, 0.1) is 5.56 Å². The quantitative estimate of drug-likeness (QED) is 0.295. The first kappa shape index (κ1) is 24.2. The third kappa shape index (κ3) is 6.75. The van der Waals surface area contributed by atoms with E-state index < -0.39 is 17.6 Å². The number of benzene rings is 3. The van der Waals surface area contributed by atoms with Gasteiger partial charge in [-0.25, -0.2) is 0 Å². The van der Waals surface area contributed by atoms with Gasteiger partial charge in [0.25, 0.3) is 5.91 Å². The molecule has 0 bridgehead atoms. The second-order valence-electron chi connectivity index (χ2n) is 6.80. The Morgan fingerprint density at radius 2 is 1.79 bits per heavy atom. The summed E-state index contributed by atoms with van der Waals surface area (Å²) in [6, 6.07) is 17.6. The predicted octanol–water partition coefficient (Wildman–Crippen LogP) is 7.14. The Labute approximate surface area is 197 Å². The van der Waals surface area contributed by atoms with Crippen LogP contribution in [-0.4, -0.2) is 5.91 Å². The summed E-state index contributed by atoms with van der Waals surface area (Å²) in [6.07, 6.45) is -3.22. The number of nitrogens with one attached hydrogen (secondary N) is 1. The van der Waals surface area contributed by atoms with Gasteiger partial charge in [0.2, 0.25) is 0 Å². The van der Waals surface area contributed by atoms with Crippen LogP contribution in [0.4, 0.5) is 18.9 Å². The van der Waals surface area contributed by atoms with Crippen LogP contribution in [-0.2, 0) is 17.6 Å². The largest absolute Gasteiger partial charge is 0.489 e. The van der Waals surface area contributed by atoms with Gasteiger partial charge >= 0.3 is 6.18 Å². The van der Waals surface area contributed by atoms with Crippen LogP contribution in [0.15, 0.2) is 72.3 Å². The number of rotatable bonds is 6. The van der Waals surface area contributed by atoms with Crippen molar-refractivity contribution in [2.45, 2.75) is 12.8 Å². The maximum Gasteiger partial charge on any atom is 0.416 e. The van der Waals surface area contributed by atoms with Crippen molar-refractivity contribution in [2.75, 3.05) is 5.32 Å². The molecule has 9 heteroatoms. The third-order valence-corrected chi connectivity index (χ3v) is 5.00. The molecule has 1 N–H and O–H groups in total. The van der Waals surface area contributed by atoms with Crippen LogP contribution < -0.4 is 10.1 Å². The Bertz CT molecular complexity index is 1230. The highest BCUT2D eigenvalue weighted by Gasteiger charge is 2.30. The molecule has 0 radical (unpaired) electrons. The number of ether oxygens (including phenoxy) is 1. The molecule has 0 aliphatic heterocycles. The molecule has 0 aromatic heterocycles. The lowest BCUT2D eigenvalue weighted by atomic mass is 10.1. The minimum Gasteiger partial charge on any atom is -0.489 e. The molecule has 1 amide bonds. The van der Waals surface area contributed by atoms with E-state index in [0.29, 0.717) is 21.4 Å². The van der Waals surface area contributed by atoms with Crippen LogP contribution in [0.25, 0.3) is 6.08 Å². The van der Waals surface area contributed by atoms with E-state index in [1.54, 1.807) is 48.5 Å². The second kappa shape index (κ2) is 10.4. The molecule has 0 spiro atoms. The van der Waals surface area contributed by atoms with E-state index >= 15 is 0 Å². The first-order valence-corrected chi connectivity index (χ1v) is 10.2. The van der Waals surface area contributed by atoms with E-state index in [-0.39, 0.29) is 17.9 Å². The molecule has 0 fully saturated rings. The average Bonchev–Trinajstić information content (AvgIpc) is 2.77. The molecule has 0 aliphatic carbocycles. The van der Waals surface area contributed by atoms with Crippen molar-refractivity contribution in [3.05, 3.63) is 99.0 Å². The first-order valence-electron chi connectivity index (χ1n) is 9.43. The van der Waals surface area contributed by atoms with E-state index in [9.17, 15) is 23.2 Å². The molecular weight excluding hydrogens is 476 g/mol. The van der Waals surface area contributed by atoms with Crippen LogP contribution in [0.1, 0.15) is 16.7 Å². The zero-order valence-corrected chi connectivity index (χ0v) is 18.3. The number of nitriles is 1. The minimum atomic E-state index is -4.54. The van der Waals surface area contributed by atoms with E-state index in [1.807, 2.05) is 0 Å². The summed E-state index contributed by atoms with van der Waals surface area (Å²) in [5.74, 6) is -0.292. The summed E-state index contributed by atoms with van der Waals surface area (Å²) in [7, 11) is 0. The Morgan fingerprint density at radius 1 is 1.06 bits per heavy atom. The lowest BCUT2D eigenvalue weighted by Crippen LogP contribution is -2.14. The van der Waals surface area contributed by atoms with Crippen LogP contribution in [0.3, 0.4) is 0 Å². The summed E-state index contributed by atoms with van der Waals surface area (Å²) in [5, 5.41) is 12.6. The summed E-state index contributed by atoms with van der Waals surface area (Å²) in [4.78, 5) is 12.4. The van der Waals surface area contributed by atoms with Crippen molar-refractivity contribution in [1.82, 2.24) is 0 Å². The van der Waals surface area contributed by atoms with Crippen molar-refractivity contribution in [3.8, 4) is 11.8 Å². The number of carbonyl (C=O) groups is 1. The molecule has 0 heterocycles. The van der Waals surface area contributed by atoms with Gasteiger partial charge < -0.3 is 10.1 Å². The summed E-state index contributed by atoms with van der Waals surface area (Å²) < 4.78 is 44.2. The maximum atomic E-state index is 12.8. The molecule has 0 atom stereocenters. The topological polar surface area (TPSA) is 62.1 Å². The third-order valence-electron chi connectivity index (χ3n) is 4.41. The predicted molar refractivity (Wildman–Crippen MR) is 121 cm³/mol. The minimum absolute atomic E-state index is 0.0689. The van der Waals surface area contributed by atoms with Crippen molar-refractivity contribution in [2.24, 2.45) is 0 Å². The van der Waals surface area contributed by atoms with Gasteiger partial charge in [-0.1, -0.05) is 47.5 Å². The molecule has 0 saturated heterocycles. The highest BCUT2D eigenvalue weighted by Crippen LogP contribution is 2.30. The fourth-order valence-corrected chi connectivity index (χ4v) is 3.21. The Hall–Kier alpha value is -3.47. The number of hydrogen-bond acceptors (Lipinski definition) is 3. The van der Waals surface area contributed by atoms with Crippen molar-refractivity contribution >= 4 is 40.9 Å². The molecule has 168 valence electrons. The standard InChI is InChI=1S/C24H15Cl2F3N2O2/c25-19-7-6-16(22(26)12-19)14-33-21-8-4-15(5-9-21)10-17(13-30)23(32)31-20-3-1-2-18(11-20)24(27,28)29/h1-12H,14H2,(H,31,32)/b17-10+. The number of amides is 1. The zero-order chi connectivity index (χ0) is 24.0. The Kier molecular flexibility index (Phi) is 7.64. The van der Waals surface area contributed by atoms with Crippen LogP contribution >= 0.6 is 23.2 Å². The van der Waals surface area contributed by atoms with E-state index in [1.165, 1.54) is 18.2 Å². The normalized spacial score (nSPS) is 11.6. The van der Waals surface area contributed by atoms with Crippen molar-refractivity contribution in [3.63, 3.8) is 0 Å². The monoisotopic (exact) mass is 490 g/mol. The fourth-order valence-electron chi connectivity index (χ4n) is 2.75. The highest BCUT2D eigenvalue weighted by molar-refractivity contribution is 6.35. The van der Waals surface area contributed by atoms with E-state index in [0.717, 1.165) is 17.7 Å². The van der Waals surface area contributed by atoms with Gasteiger partial charge in [-0.3, -0.25) is 4.79 Å². The van der Waals surface area contributed by atoms with Gasteiger partial charge in [-0.2, -0.15) is 18.4 Å². The van der Waals surface area contributed by atoms with Crippen molar-refractivity contribution < 1.29 is 22.7 Å². The lowest BCUT2D eigenvalue weighted by molar-refractivity contribution is -0.137. The lowest BCUT2D eigenvalue weighted by Gasteiger charge is -2.10. The fraction of sp³-hybridized carbons (Fsp3) is 0.0833. The van der Waals surface area contributed by atoms with E-state index in [4.69, 9.17) is 27.9 Å². The molecule has 3 rings (SSSR count). The number of anilines is 1. The number of halogens is 5. The first-order chi connectivity index (χ1) is 15.7. The van der Waals surface area contributed by atoms with Gasteiger partial charge in [0, 0.05) is 21.3 Å². The molecule has 3 aromatic rings. The number of hydrogen-bond donors (Lipinski definition) is 1. The smallest absolute Gasteiger partial charge is 0.416 e. The number of alkyl halides is 3. The second-order valence-corrected chi connectivity index (χ2v) is 7.64. The van der Waals surface area contributed by atoms with Crippen LogP contribution in [0, 0.1) is 11.3 Å². The number of carbonyl (C=O) groups excluding carboxylic acids is 1. The molecule has 3 aromatic carbocycles. The van der Waals surface area contributed by atoms with Gasteiger partial charge in [0.1, 0.15) is 24.0 Å². The maximum absolute atomic E-state index is 12.8. The van der Waals surface area contributed by atoms with Gasteiger partial charge in [-0.05, 0) is 54.1 Å². The molecule has 4 nitrogen and oxygen atoms in total. The van der Waals surface area contributed by atoms with Gasteiger partial charge in [0.15, 0.2) is 0 Å². The highest BCUT2D eigenvalue weighted by atomic mass is 35.5. The summed E-state index contributed by atoms with van der Waals surface area (Å²) in [5.41, 5.74) is 0.0403. The van der Waals surface area contributed by atoms with E-state index in [2.05, 4.69) is 5.32 Å². The van der Waals surface area contributed by atoms with Crippen molar-refractivity contribution in [1.29, 1.82) is 5.26 Å². The molecule has 0 saturated carbocycles. The molecule has 0 aliphatic rings. The van der Waals surface area contributed by atoms with Crippen LogP contribution in [0.5, 0.6) is 5.75 Å². The Morgan fingerprint density at radius 3 is 2.42 bits per heavy atom. The zero-order valence-electron chi connectivity index (χ0n) is 16.8. The molecule has 33 heavy (non-hydrogen) atoms. The van der Waals surface area contributed by atoms with Crippen LogP contribution in [0.2, 0.25) is 10.0 Å². The molecule has 0 unspecified atom stereocenters. The Balaban J connectivity index is 1.67. The van der Waals surface area contributed by atoms with Gasteiger partial charge in [-0.15, -0.1) is 0 Å². The SMILES string of the molecule is N#C/C(=C\c1ccc(OCc2ccc(Cl)cc2Cl)cc1)C(=O)Nc1cccc(C(F)(F)F)c1. The molecular formula is C24H15Cl2F3N2O2. The number of nitrogens with zero attached hydrogens (tertiary/aromatic N) is 1. The summed E-state index contributed by atoms with van der Waals surface area (Å²) >= 11 is 12.0.